The molecule has 5 heteroatoms. The predicted octanol–water partition coefficient (Wildman–Crippen LogP) is 2.60. The van der Waals surface area contributed by atoms with Crippen LogP contribution in [0.25, 0.3) is 0 Å². The second-order valence-corrected chi connectivity index (χ2v) is 7.40. The third kappa shape index (κ3) is 4.25. The highest BCUT2D eigenvalue weighted by Gasteiger charge is 2.28. The van der Waals surface area contributed by atoms with Gasteiger partial charge in [0.1, 0.15) is 11.6 Å². The Balaban J connectivity index is 1.58. The first kappa shape index (κ1) is 17.6. The Bertz CT molecular complexity index is 528. The van der Waals surface area contributed by atoms with Gasteiger partial charge >= 0.3 is 0 Å². The van der Waals surface area contributed by atoms with E-state index in [1.54, 1.807) is 0 Å². The van der Waals surface area contributed by atoms with Gasteiger partial charge in [-0.3, -0.25) is 0 Å². The maximum Gasteiger partial charge on any atom is 0.135 e. The Morgan fingerprint density at radius 3 is 2.67 bits per heavy atom. The summed E-state index contributed by atoms with van der Waals surface area (Å²) < 4.78 is 0. The van der Waals surface area contributed by atoms with Crippen LogP contribution in [0.15, 0.2) is 6.20 Å². The lowest BCUT2D eigenvalue weighted by Crippen LogP contribution is -2.51. The molecule has 2 atom stereocenters. The third-order valence-electron chi connectivity index (χ3n) is 5.46. The van der Waals surface area contributed by atoms with Gasteiger partial charge in [0.05, 0.1) is 6.10 Å². The molecule has 1 aromatic heterocycles. The molecule has 0 aromatic carbocycles. The lowest BCUT2D eigenvalue weighted by Gasteiger charge is -2.38. The first-order valence-corrected chi connectivity index (χ1v) is 9.69. The van der Waals surface area contributed by atoms with Gasteiger partial charge in [0.2, 0.25) is 0 Å². The minimum Gasteiger partial charge on any atom is -0.392 e. The summed E-state index contributed by atoms with van der Waals surface area (Å²) in [5.74, 6) is 2.00. The average molecular weight is 332 g/mol. The van der Waals surface area contributed by atoms with Crippen molar-refractivity contribution in [3.8, 4) is 0 Å². The van der Waals surface area contributed by atoms with Gasteiger partial charge in [-0.25, -0.2) is 9.97 Å². The van der Waals surface area contributed by atoms with Gasteiger partial charge in [-0.1, -0.05) is 26.2 Å². The summed E-state index contributed by atoms with van der Waals surface area (Å²) >= 11 is 0. The van der Waals surface area contributed by atoms with Crippen LogP contribution in [0.5, 0.6) is 0 Å². The highest BCUT2D eigenvalue weighted by Crippen LogP contribution is 2.25. The quantitative estimate of drug-likeness (QED) is 0.868. The van der Waals surface area contributed by atoms with Crippen molar-refractivity contribution >= 4 is 5.82 Å². The van der Waals surface area contributed by atoms with Gasteiger partial charge in [0.25, 0.3) is 0 Å². The maximum atomic E-state index is 10.2. The largest absolute Gasteiger partial charge is 0.392 e. The van der Waals surface area contributed by atoms with E-state index in [1.807, 2.05) is 13.1 Å². The highest BCUT2D eigenvalue weighted by atomic mass is 16.3. The zero-order valence-electron chi connectivity index (χ0n) is 15.2. The SMILES string of the molecule is CCCc1cnc(C)nc1N1CCC(N[C@@H]2CCCC[C@H]2O)CC1. The molecular weight excluding hydrogens is 300 g/mol. The standard InChI is InChI=1S/C19H32N4O/c1-3-6-15-13-20-14(2)21-19(15)23-11-9-16(10-12-23)22-17-7-4-5-8-18(17)24/h13,16-18,22,24H,3-12H2,1-2H3/t17-,18-/m1/s1. The molecule has 2 aliphatic rings. The molecule has 1 saturated heterocycles. The van der Waals surface area contributed by atoms with Crippen LogP contribution in [-0.2, 0) is 6.42 Å². The lowest BCUT2D eigenvalue weighted by atomic mass is 9.91. The van der Waals surface area contributed by atoms with Crippen molar-refractivity contribution in [3.05, 3.63) is 17.6 Å². The zero-order chi connectivity index (χ0) is 16.9. The van der Waals surface area contributed by atoms with Crippen molar-refractivity contribution in [2.45, 2.75) is 83.4 Å². The molecule has 1 aliphatic heterocycles. The molecule has 1 aromatic rings. The van der Waals surface area contributed by atoms with Gasteiger partial charge in [-0.05, 0) is 39.0 Å². The molecule has 24 heavy (non-hydrogen) atoms. The number of nitrogens with one attached hydrogen (secondary N) is 1. The molecule has 2 N–H and O–H groups in total. The molecule has 0 radical (unpaired) electrons. The first-order chi connectivity index (χ1) is 11.7. The summed E-state index contributed by atoms with van der Waals surface area (Å²) in [4.78, 5) is 11.5. The Labute approximate surface area is 145 Å². The highest BCUT2D eigenvalue weighted by molar-refractivity contribution is 5.46. The van der Waals surface area contributed by atoms with E-state index in [1.165, 1.54) is 18.4 Å². The van der Waals surface area contributed by atoms with Crippen LogP contribution in [0.3, 0.4) is 0 Å². The van der Waals surface area contributed by atoms with Crippen molar-refractivity contribution in [2.24, 2.45) is 0 Å². The van der Waals surface area contributed by atoms with Gasteiger partial charge in [-0.2, -0.15) is 0 Å². The number of hydrogen-bond acceptors (Lipinski definition) is 5. The maximum absolute atomic E-state index is 10.2. The molecular formula is C19H32N4O. The van der Waals surface area contributed by atoms with Crippen LogP contribution in [-0.4, -0.2) is 46.4 Å². The van der Waals surface area contributed by atoms with E-state index in [0.29, 0.717) is 12.1 Å². The molecule has 2 heterocycles. The summed E-state index contributed by atoms with van der Waals surface area (Å²) in [5.41, 5.74) is 1.28. The Kier molecular flexibility index (Phi) is 6.06. The van der Waals surface area contributed by atoms with E-state index >= 15 is 0 Å². The molecule has 134 valence electrons. The van der Waals surface area contributed by atoms with Crippen molar-refractivity contribution in [3.63, 3.8) is 0 Å². The number of piperidine rings is 1. The number of aliphatic hydroxyl groups is 1. The molecule has 0 bridgehead atoms. The van der Waals surface area contributed by atoms with E-state index < -0.39 is 0 Å². The van der Waals surface area contributed by atoms with Gasteiger partial charge in [-0.15, -0.1) is 0 Å². The predicted molar refractivity (Wildman–Crippen MR) is 97.4 cm³/mol. The van der Waals surface area contributed by atoms with E-state index in [9.17, 15) is 5.11 Å². The fourth-order valence-electron chi connectivity index (χ4n) is 4.07. The third-order valence-corrected chi connectivity index (χ3v) is 5.46. The van der Waals surface area contributed by atoms with Crippen molar-refractivity contribution in [1.82, 2.24) is 15.3 Å². The molecule has 0 unspecified atom stereocenters. The van der Waals surface area contributed by atoms with Crippen LogP contribution in [0.4, 0.5) is 5.82 Å². The second kappa shape index (κ2) is 8.26. The molecule has 0 spiro atoms. The van der Waals surface area contributed by atoms with Gasteiger partial charge in [0, 0.05) is 36.9 Å². The van der Waals surface area contributed by atoms with Crippen molar-refractivity contribution in [2.75, 3.05) is 18.0 Å². The number of anilines is 1. The van der Waals surface area contributed by atoms with E-state index in [0.717, 1.165) is 63.3 Å². The molecule has 2 fully saturated rings. The Morgan fingerprint density at radius 2 is 1.96 bits per heavy atom. The summed E-state index contributed by atoms with van der Waals surface area (Å²) in [6, 6.07) is 0.823. The van der Waals surface area contributed by atoms with Crippen LogP contribution in [0.2, 0.25) is 0 Å². The van der Waals surface area contributed by atoms with Crippen LogP contribution in [0.1, 0.15) is 63.3 Å². The second-order valence-electron chi connectivity index (χ2n) is 7.40. The van der Waals surface area contributed by atoms with E-state index in [4.69, 9.17) is 4.98 Å². The summed E-state index contributed by atoms with van der Waals surface area (Å²) in [6.07, 6.45) is 10.7. The number of nitrogens with zero attached hydrogens (tertiary/aromatic N) is 3. The van der Waals surface area contributed by atoms with Crippen LogP contribution >= 0.6 is 0 Å². The van der Waals surface area contributed by atoms with E-state index in [-0.39, 0.29) is 6.10 Å². The van der Waals surface area contributed by atoms with Crippen molar-refractivity contribution in [1.29, 1.82) is 0 Å². The smallest absolute Gasteiger partial charge is 0.135 e. The van der Waals surface area contributed by atoms with Crippen molar-refractivity contribution < 1.29 is 5.11 Å². The average Bonchev–Trinajstić information content (AvgIpc) is 2.59. The number of aryl methyl sites for hydroxylation is 2. The summed E-state index contributed by atoms with van der Waals surface area (Å²) in [6.45, 7) is 6.24. The monoisotopic (exact) mass is 332 g/mol. The van der Waals surface area contributed by atoms with Crippen LogP contribution in [0, 0.1) is 6.92 Å². The molecule has 0 amide bonds. The molecule has 3 rings (SSSR count). The van der Waals surface area contributed by atoms with E-state index in [2.05, 4.69) is 22.1 Å². The Morgan fingerprint density at radius 1 is 1.21 bits per heavy atom. The fraction of sp³-hybridized carbons (Fsp3) is 0.789. The lowest BCUT2D eigenvalue weighted by molar-refractivity contribution is 0.0827. The minimum absolute atomic E-state index is 0.155. The fourth-order valence-corrected chi connectivity index (χ4v) is 4.07. The zero-order valence-corrected chi connectivity index (χ0v) is 15.2. The number of aromatic nitrogens is 2. The Hall–Kier alpha value is -1.20. The number of hydrogen-bond donors (Lipinski definition) is 2. The molecule has 5 nitrogen and oxygen atoms in total. The molecule has 1 aliphatic carbocycles. The van der Waals surface area contributed by atoms with Gasteiger partial charge in [0.15, 0.2) is 0 Å². The summed E-state index contributed by atoms with van der Waals surface area (Å²) in [7, 11) is 0. The molecule has 1 saturated carbocycles. The van der Waals surface area contributed by atoms with Gasteiger partial charge < -0.3 is 15.3 Å². The number of aliphatic hydroxyl groups excluding tert-OH is 1. The summed E-state index contributed by atoms with van der Waals surface area (Å²) in [5, 5.41) is 13.9. The minimum atomic E-state index is -0.155. The topological polar surface area (TPSA) is 61.3 Å². The normalized spacial score (nSPS) is 25.9. The number of rotatable bonds is 5. The first-order valence-electron chi connectivity index (χ1n) is 9.69. The van der Waals surface area contributed by atoms with Crippen LogP contribution < -0.4 is 10.2 Å².